The van der Waals surface area contributed by atoms with Gasteiger partial charge in [0.1, 0.15) is 0 Å². The number of nitrogens with zero attached hydrogens (tertiary/aromatic N) is 2. The standard InChI is InChI=1S/C10H15N.C10H17N.C8H13N.C2H6/c1-8(2)10-7-11(4)6-5-9(10)3;1-5-11-8-6-7-10(4)9(2)3;1-4-5-6-7-8-9(2)3;1-2/h5-8H,3H2,1-2,4H3;5-9,11H,1H2,2-4H3;4-8H,1H2,2-3H3;1-2H3/b;8-6-,10-7+;6-5-,8-7-;. The number of nitrogens with one attached hydrogen (secondary N) is 1. The molecule has 0 aromatic carbocycles. The summed E-state index contributed by atoms with van der Waals surface area (Å²) in [5.41, 5.74) is 3.85. The minimum atomic E-state index is 0.565. The molecule has 0 aromatic rings. The second kappa shape index (κ2) is 23.7. The summed E-state index contributed by atoms with van der Waals surface area (Å²) in [6.07, 6.45) is 23.3. The molecule has 0 atom stereocenters. The highest BCUT2D eigenvalue weighted by Crippen LogP contribution is 2.22. The van der Waals surface area contributed by atoms with Gasteiger partial charge in [0, 0.05) is 39.7 Å². The Morgan fingerprint density at radius 1 is 1.03 bits per heavy atom. The number of allylic oxidation sites excluding steroid dienone is 10. The van der Waals surface area contributed by atoms with Gasteiger partial charge in [-0.25, -0.2) is 0 Å². The molecule has 1 rings (SSSR count). The highest BCUT2D eigenvalue weighted by molar-refractivity contribution is 5.40. The van der Waals surface area contributed by atoms with Crippen LogP contribution in [0.5, 0.6) is 0 Å². The van der Waals surface area contributed by atoms with E-state index in [1.807, 2.05) is 82.8 Å². The largest absolute Gasteiger partial charge is 0.383 e. The van der Waals surface area contributed by atoms with Gasteiger partial charge in [0.25, 0.3) is 0 Å². The molecule has 0 unspecified atom stereocenters. The maximum Gasteiger partial charge on any atom is 0.0106 e. The van der Waals surface area contributed by atoms with Gasteiger partial charge in [0.05, 0.1) is 0 Å². The van der Waals surface area contributed by atoms with Crippen LogP contribution in [0.1, 0.15) is 48.5 Å². The lowest BCUT2D eigenvalue weighted by Crippen LogP contribution is -2.10. The Labute approximate surface area is 206 Å². The van der Waals surface area contributed by atoms with E-state index in [-0.39, 0.29) is 0 Å². The molecule has 0 saturated heterocycles. The molecular weight excluding hydrogens is 402 g/mol. The first-order valence-electron chi connectivity index (χ1n) is 11.7. The van der Waals surface area contributed by atoms with Gasteiger partial charge in [-0.2, -0.15) is 0 Å². The zero-order chi connectivity index (χ0) is 26.2. The Morgan fingerprint density at radius 2 is 1.64 bits per heavy atom. The van der Waals surface area contributed by atoms with E-state index in [1.165, 1.54) is 11.1 Å². The van der Waals surface area contributed by atoms with Crippen LogP contribution in [0.15, 0.2) is 110 Å². The quantitative estimate of drug-likeness (QED) is 0.374. The summed E-state index contributed by atoms with van der Waals surface area (Å²) >= 11 is 0. The number of rotatable bonds is 8. The summed E-state index contributed by atoms with van der Waals surface area (Å²) in [5, 5.41) is 2.88. The molecule has 0 aliphatic carbocycles. The van der Waals surface area contributed by atoms with E-state index in [0.717, 1.165) is 5.57 Å². The molecular formula is C30H51N3. The third-order valence-electron chi connectivity index (χ3n) is 4.17. The minimum absolute atomic E-state index is 0.565. The molecule has 1 aliphatic heterocycles. The predicted molar refractivity (Wildman–Crippen MR) is 154 cm³/mol. The van der Waals surface area contributed by atoms with E-state index in [9.17, 15) is 0 Å². The third-order valence-corrected chi connectivity index (χ3v) is 4.17. The molecule has 0 spiro atoms. The SMILES string of the molecule is C=C/C=C\C=C/N(C)C.C=C1C=CN(C)C=C1C(C)C.C=CN/C=C\C=C(/C)C(C)C.CC. The van der Waals surface area contributed by atoms with E-state index in [2.05, 4.69) is 82.9 Å². The zero-order valence-corrected chi connectivity index (χ0v) is 23.1. The molecule has 0 saturated carbocycles. The summed E-state index contributed by atoms with van der Waals surface area (Å²) in [4.78, 5) is 4.04. The molecule has 0 bridgehead atoms. The Bertz CT molecular complexity index is 696. The number of hydrogen-bond acceptors (Lipinski definition) is 3. The molecule has 1 heterocycles. The van der Waals surface area contributed by atoms with Crippen LogP contribution in [-0.4, -0.2) is 30.9 Å². The van der Waals surface area contributed by atoms with Crippen LogP contribution in [0, 0.1) is 11.8 Å². The van der Waals surface area contributed by atoms with E-state index in [1.54, 1.807) is 12.3 Å². The van der Waals surface area contributed by atoms with Gasteiger partial charge in [-0.05, 0) is 60.5 Å². The Balaban J connectivity index is -0.000000396. The molecule has 186 valence electrons. The van der Waals surface area contributed by atoms with Crippen molar-refractivity contribution >= 4 is 0 Å². The molecule has 0 radical (unpaired) electrons. The summed E-state index contributed by atoms with van der Waals surface area (Å²) in [6.45, 7) is 25.9. The lowest BCUT2D eigenvalue weighted by molar-refractivity contribution is 0.564. The highest BCUT2D eigenvalue weighted by atomic mass is 15.1. The normalized spacial score (nSPS) is 13.2. The van der Waals surface area contributed by atoms with E-state index >= 15 is 0 Å². The first-order chi connectivity index (χ1) is 15.6. The molecule has 1 N–H and O–H groups in total. The van der Waals surface area contributed by atoms with Crippen LogP contribution >= 0.6 is 0 Å². The smallest absolute Gasteiger partial charge is 0.0106 e. The van der Waals surface area contributed by atoms with Crippen molar-refractivity contribution in [3.05, 3.63) is 110 Å². The van der Waals surface area contributed by atoms with Crippen molar-refractivity contribution < 1.29 is 0 Å². The summed E-state index contributed by atoms with van der Waals surface area (Å²) < 4.78 is 0. The molecule has 33 heavy (non-hydrogen) atoms. The maximum absolute atomic E-state index is 3.97. The molecule has 0 fully saturated rings. The Morgan fingerprint density at radius 3 is 2.06 bits per heavy atom. The third kappa shape index (κ3) is 23.5. The average molecular weight is 454 g/mol. The summed E-state index contributed by atoms with van der Waals surface area (Å²) in [7, 11) is 6.00. The van der Waals surface area contributed by atoms with Crippen molar-refractivity contribution in [3.63, 3.8) is 0 Å². The number of hydrogen-bond donors (Lipinski definition) is 1. The lowest BCUT2D eigenvalue weighted by atomic mass is 9.96. The summed E-state index contributed by atoms with van der Waals surface area (Å²) in [5.74, 6) is 1.19. The second-order valence-corrected chi connectivity index (χ2v) is 7.97. The van der Waals surface area contributed by atoms with Gasteiger partial charge in [0.15, 0.2) is 0 Å². The fourth-order valence-corrected chi connectivity index (χ4v) is 2.05. The van der Waals surface area contributed by atoms with Crippen molar-refractivity contribution in [3.8, 4) is 0 Å². The van der Waals surface area contributed by atoms with Crippen molar-refractivity contribution in [2.75, 3.05) is 21.1 Å². The van der Waals surface area contributed by atoms with E-state index < -0.39 is 0 Å². The van der Waals surface area contributed by atoms with E-state index in [0.29, 0.717) is 11.8 Å². The van der Waals surface area contributed by atoms with E-state index in [4.69, 9.17) is 0 Å². The average Bonchev–Trinajstić information content (AvgIpc) is 2.77. The lowest BCUT2D eigenvalue weighted by Gasteiger charge is -2.20. The first-order valence-corrected chi connectivity index (χ1v) is 11.7. The van der Waals surface area contributed by atoms with Crippen molar-refractivity contribution in [1.82, 2.24) is 15.1 Å². The van der Waals surface area contributed by atoms with Crippen LogP contribution < -0.4 is 5.32 Å². The fraction of sp³-hybridized carbons (Fsp3) is 0.400. The molecule has 0 amide bonds. The second-order valence-electron chi connectivity index (χ2n) is 7.97. The topological polar surface area (TPSA) is 18.5 Å². The van der Waals surface area contributed by atoms with Gasteiger partial charge >= 0.3 is 0 Å². The van der Waals surface area contributed by atoms with Crippen LogP contribution in [-0.2, 0) is 0 Å². The maximum atomic E-state index is 3.97. The highest BCUT2D eigenvalue weighted by Gasteiger charge is 2.08. The van der Waals surface area contributed by atoms with Gasteiger partial charge in [-0.1, -0.05) is 91.2 Å². The molecule has 1 aliphatic rings. The van der Waals surface area contributed by atoms with Gasteiger partial charge in [0.2, 0.25) is 0 Å². The monoisotopic (exact) mass is 453 g/mol. The van der Waals surface area contributed by atoms with Crippen LogP contribution in [0.25, 0.3) is 0 Å². The Kier molecular flexibility index (Phi) is 24.9. The molecule has 3 nitrogen and oxygen atoms in total. The van der Waals surface area contributed by atoms with Crippen LogP contribution in [0.4, 0.5) is 0 Å². The van der Waals surface area contributed by atoms with Crippen molar-refractivity contribution in [2.45, 2.75) is 48.5 Å². The van der Waals surface area contributed by atoms with Gasteiger partial charge in [-0.3, -0.25) is 0 Å². The molecule has 0 aromatic heterocycles. The summed E-state index contributed by atoms with van der Waals surface area (Å²) in [6, 6.07) is 0. The van der Waals surface area contributed by atoms with Gasteiger partial charge < -0.3 is 15.1 Å². The van der Waals surface area contributed by atoms with Crippen LogP contribution in [0.3, 0.4) is 0 Å². The van der Waals surface area contributed by atoms with Crippen molar-refractivity contribution in [1.29, 1.82) is 0 Å². The Hall–Kier alpha value is -2.94. The minimum Gasteiger partial charge on any atom is -0.383 e. The fourth-order valence-electron chi connectivity index (χ4n) is 2.05. The zero-order valence-electron chi connectivity index (χ0n) is 23.1. The van der Waals surface area contributed by atoms with Gasteiger partial charge in [-0.15, -0.1) is 0 Å². The predicted octanol–water partition coefficient (Wildman–Crippen LogP) is 8.21. The van der Waals surface area contributed by atoms with Crippen molar-refractivity contribution in [2.24, 2.45) is 11.8 Å². The first kappa shape index (κ1) is 34.7. The molecule has 3 heteroatoms. The van der Waals surface area contributed by atoms with Crippen LogP contribution in [0.2, 0.25) is 0 Å².